The Morgan fingerprint density at radius 3 is 2.68 bits per heavy atom. The van der Waals surface area contributed by atoms with Gasteiger partial charge in [0, 0.05) is 12.6 Å². The van der Waals surface area contributed by atoms with Gasteiger partial charge in [0.1, 0.15) is 5.82 Å². The molecule has 1 heterocycles. The highest BCUT2D eigenvalue weighted by atomic mass is 32.2. The normalized spacial score (nSPS) is 13.5. The lowest BCUT2D eigenvalue weighted by atomic mass is 10.1. The lowest BCUT2D eigenvalue weighted by Crippen LogP contribution is -2.35. The molecule has 2 rings (SSSR count). The van der Waals surface area contributed by atoms with Crippen molar-refractivity contribution in [2.24, 2.45) is 0 Å². The zero-order valence-corrected chi connectivity index (χ0v) is 14.1. The average molecular weight is 342 g/mol. The maximum Gasteiger partial charge on any atom is 0.215 e. The first-order chi connectivity index (χ1) is 10.4. The van der Waals surface area contributed by atoms with Crippen molar-refractivity contribution in [3.8, 4) is 0 Å². The first-order valence-corrected chi connectivity index (χ1v) is 9.37. The topological polar surface area (TPSA) is 49.4 Å². The summed E-state index contributed by atoms with van der Waals surface area (Å²) in [7, 11) is 0.301. The molecule has 0 amide bonds. The van der Waals surface area contributed by atoms with E-state index < -0.39 is 15.8 Å². The minimum atomic E-state index is -3.51. The van der Waals surface area contributed by atoms with E-state index in [2.05, 4.69) is 4.72 Å². The molecule has 0 aliphatic rings. The molecule has 7 heteroatoms. The van der Waals surface area contributed by atoms with Crippen LogP contribution in [0.3, 0.4) is 0 Å². The van der Waals surface area contributed by atoms with Gasteiger partial charge >= 0.3 is 0 Å². The van der Waals surface area contributed by atoms with Gasteiger partial charge in [-0.3, -0.25) is 0 Å². The summed E-state index contributed by atoms with van der Waals surface area (Å²) in [5.41, 5.74) is 1.51. The number of hydrogen-bond donors (Lipinski definition) is 1. The molecule has 0 radical (unpaired) electrons. The number of halogens is 1. The second-order valence-electron chi connectivity index (χ2n) is 5.27. The Balaban J connectivity index is 2.02. The lowest BCUT2D eigenvalue weighted by Gasteiger charge is -2.24. The Labute approximate surface area is 134 Å². The molecule has 120 valence electrons. The zero-order chi connectivity index (χ0) is 16.2. The molecule has 1 atom stereocenters. The van der Waals surface area contributed by atoms with E-state index in [0.717, 1.165) is 5.56 Å². The van der Waals surface area contributed by atoms with Crippen molar-refractivity contribution < 1.29 is 12.8 Å². The molecule has 1 unspecified atom stereocenters. The fourth-order valence-electron chi connectivity index (χ4n) is 2.17. The summed E-state index contributed by atoms with van der Waals surface area (Å²) in [6, 6.07) is 7.59. The maximum absolute atomic E-state index is 13.1. The summed E-state index contributed by atoms with van der Waals surface area (Å²) in [6.45, 7) is 0.279. The zero-order valence-electron chi connectivity index (χ0n) is 12.5. The molecule has 0 saturated heterocycles. The van der Waals surface area contributed by atoms with Gasteiger partial charge < -0.3 is 4.90 Å². The number of hydrogen-bond acceptors (Lipinski definition) is 4. The first kappa shape index (κ1) is 17.1. The molecule has 1 aromatic heterocycles. The SMILES string of the molecule is CN(C)C(CNS(=O)(=O)Cc1cccc(F)c1)c1ccsc1. The predicted molar refractivity (Wildman–Crippen MR) is 87.8 cm³/mol. The van der Waals surface area contributed by atoms with Gasteiger partial charge in [-0.05, 0) is 54.2 Å². The van der Waals surface area contributed by atoms with Crippen molar-refractivity contribution in [2.75, 3.05) is 20.6 Å². The van der Waals surface area contributed by atoms with Crippen LogP contribution in [-0.4, -0.2) is 34.0 Å². The number of likely N-dealkylation sites (N-methyl/N-ethyl adjacent to an activating group) is 1. The average Bonchev–Trinajstić information content (AvgIpc) is 2.91. The minimum Gasteiger partial charge on any atom is -0.301 e. The Bertz CT molecular complexity index is 700. The number of rotatable bonds is 7. The molecule has 22 heavy (non-hydrogen) atoms. The molecule has 0 spiro atoms. The van der Waals surface area contributed by atoms with Crippen LogP contribution in [0.2, 0.25) is 0 Å². The number of benzene rings is 1. The van der Waals surface area contributed by atoms with E-state index in [9.17, 15) is 12.8 Å². The van der Waals surface area contributed by atoms with E-state index >= 15 is 0 Å². The van der Waals surface area contributed by atoms with Gasteiger partial charge in [0.25, 0.3) is 0 Å². The largest absolute Gasteiger partial charge is 0.301 e. The van der Waals surface area contributed by atoms with E-state index in [4.69, 9.17) is 0 Å². The molecular weight excluding hydrogens is 323 g/mol. The van der Waals surface area contributed by atoms with Gasteiger partial charge in [0.05, 0.1) is 5.75 Å². The van der Waals surface area contributed by atoms with Crippen LogP contribution in [-0.2, 0) is 15.8 Å². The van der Waals surface area contributed by atoms with E-state index in [0.29, 0.717) is 5.56 Å². The molecule has 1 N–H and O–H groups in total. The predicted octanol–water partition coefficient (Wildman–Crippen LogP) is 2.61. The summed E-state index contributed by atoms with van der Waals surface area (Å²) in [5, 5.41) is 3.97. The highest BCUT2D eigenvalue weighted by Gasteiger charge is 2.19. The number of nitrogens with one attached hydrogen (secondary N) is 1. The third-order valence-electron chi connectivity index (χ3n) is 3.29. The maximum atomic E-state index is 13.1. The molecule has 0 fully saturated rings. The van der Waals surface area contributed by atoms with Crippen LogP contribution in [0, 0.1) is 5.82 Å². The number of thiophene rings is 1. The van der Waals surface area contributed by atoms with Crippen LogP contribution in [0.5, 0.6) is 0 Å². The molecular formula is C15H19FN2O2S2. The second-order valence-corrected chi connectivity index (χ2v) is 7.86. The summed E-state index contributed by atoms with van der Waals surface area (Å²) in [4.78, 5) is 1.97. The fraction of sp³-hybridized carbons (Fsp3) is 0.333. The second kappa shape index (κ2) is 7.32. The van der Waals surface area contributed by atoms with Gasteiger partial charge in [-0.2, -0.15) is 11.3 Å². The van der Waals surface area contributed by atoms with Crippen molar-refractivity contribution in [2.45, 2.75) is 11.8 Å². The molecule has 2 aromatic rings. The standard InChI is InChI=1S/C15H19FN2O2S2/c1-18(2)15(13-6-7-21-10-13)9-17-22(19,20)11-12-4-3-5-14(16)8-12/h3-8,10,15,17H,9,11H2,1-2H3. The van der Waals surface area contributed by atoms with E-state index in [-0.39, 0.29) is 18.3 Å². The van der Waals surface area contributed by atoms with E-state index in [1.165, 1.54) is 18.2 Å². The monoisotopic (exact) mass is 342 g/mol. The summed E-state index contributed by atoms with van der Waals surface area (Å²) in [5.74, 6) is -0.661. The lowest BCUT2D eigenvalue weighted by molar-refractivity contribution is 0.300. The van der Waals surface area contributed by atoms with Crippen LogP contribution in [0.15, 0.2) is 41.1 Å². The van der Waals surface area contributed by atoms with Crippen LogP contribution in [0.25, 0.3) is 0 Å². The summed E-state index contributed by atoms with van der Waals surface area (Å²) < 4.78 is 40.1. The highest BCUT2D eigenvalue weighted by molar-refractivity contribution is 7.88. The van der Waals surface area contributed by atoms with Crippen molar-refractivity contribution in [1.29, 1.82) is 0 Å². The molecule has 4 nitrogen and oxygen atoms in total. The smallest absolute Gasteiger partial charge is 0.215 e. The van der Waals surface area contributed by atoms with Crippen molar-refractivity contribution >= 4 is 21.4 Å². The van der Waals surface area contributed by atoms with Gasteiger partial charge in [0.2, 0.25) is 10.0 Å². The number of sulfonamides is 1. The third kappa shape index (κ3) is 4.88. The summed E-state index contributed by atoms with van der Waals surface area (Å²) in [6.07, 6.45) is 0. The van der Waals surface area contributed by atoms with Gasteiger partial charge in [-0.1, -0.05) is 12.1 Å². The van der Waals surface area contributed by atoms with Crippen LogP contribution >= 0.6 is 11.3 Å². The van der Waals surface area contributed by atoms with Gasteiger partial charge in [0.15, 0.2) is 0 Å². The van der Waals surface area contributed by atoms with Crippen molar-refractivity contribution in [3.05, 3.63) is 58.0 Å². The van der Waals surface area contributed by atoms with E-state index in [1.807, 2.05) is 35.8 Å². The van der Waals surface area contributed by atoms with Gasteiger partial charge in [-0.25, -0.2) is 17.5 Å². The Hall–Kier alpha value is -1.28. The van der Waals surface area contributed by atoms with E-state index in [1.54, 1.807) is 17.4 Å². The fourth-order valence-corrected chi connectivity index (χ4v) is 4.01. The third-order valence-corrected chi connectivity index (χ3v) is 5.31. The quantitative estimate of drug-likeness (QED) is 0.841. The Morgan fingerprint density at radius 2 is 2.09 bits per heavy atom. The minimum absolute atomic E-state index is 0.0338. The molecule has 0 saturated carbocycles. The van der Waals surface area contributed by atoms with Crippen LogP contribution < -0.4 is 4.72 Å². The Morgan fingerprint density at radius 1 is 1.32 bits per heavy atom. The highest BCUT2D eigenvalue weighted by Crippen LogP contribution is 2.20. The van der Waals surface area contributed by atoms with Crippen LogP contribution in [0.1, 0.15) is 17.2 Å². The Kier molecular flexibility index (Phi) is 5.69. The van der Waals surface area contributed by atoms with Crippen molar-refractivity contribution in [3.63, 3.8) is 0 Å². The molecule has 1 aromatic carbocycles. The van der Waals surface area contributed by atoms with Crippen molar-refractivity contribution in [1.82, 2.24) is 9.62 Å². The molecule has 0 bridgehead atoms. The van der Waals surface area contributed by atoms with Crippen LogP contribution in [0.4, 0.5) is 4.39 Å². The first-order valence-electron chi connectivity index (χ1n) is 6.78. The molecule has 0 aliphatic heterocycles. The number of nitrogens with zero attached hydrogens (tertiary/aromatic N) is 1. The van der Waals surface area contributed by atoms with Gasteiger partial charge in [-0.15, -0.1) is 0 Å². The summed E-state index contributed by atoms with van der Waals surface area (Å²) >= 11 is 1.58. The molecule has 0 aliphatic carbocycles.